The topological polar surface area (TPSA) is 71.6 Å². The van der Waals surface area contributed by atoms with Gasteiger partial charge in [0, 0.05) is 24.7 Å². The molecule has 126 valence electrons. The lowest BCUT2D eigenvalue weighted by Gasteiger charge is -2.44. The average molecular weight is 328 g/mol. The molecule has 2 aromatic rings. The van der Waals surface area contributed by atoms with Crippen molar-refractivity contribution in [3.8, 4) is 11.5 Å². The number of nitrogens with zero attached hydrogens (tertiary/aromatic N) is 4. The predicted octanol–water partition coefficient (Wildman–Crippen LogP) is 0.810. The van der Waals surface area contributed by atoms with Gasteiger partial charge in [-0.1, -0.05) is 18.2 Å². The third-order valence-electron chi connectivity index (χ3n) is 4.78. The van der Waals surface area contributed by atoms with Crippen LogP contribution in [0.2, 0.25) is 0 Å². The minimum Gasteiger partial charge on any atom is -0.388 e. The standard InChI is InChI=1S/C17H20N4O3/c22-15(20-10-14(11-20)19-8-4-5-9-19)12-21-17(23)24-16(18-21)13-6-2-1-3-7-13/h1-3,6-7,14H,4-5,8-12H2. The zero-order chi connectivity index (χ0) is 16.5. The zero-order valence-electron chi connectivity index (χ0n) is 13.4. The van der Waals surface area contributed by atoms with Crippen LogP contribution in [0.4, 0.5) is 0 Å². The molecule has 0 radical (unpaired) electrons. The number of aromatic nitrogens is 2. The van der Waals surface area contributed by atoms with Crippen molar-refractivity contribution < 1.29 is 9.21 Å². The fourth-order valence-corrected chi connectivity index (χ4v) is 3.33. The fourth-order valence-electron chi connectivity index (χ4n) is 3.33. The largest absolute Gasteiger partial charge is 0.437 e. The number of rotatable bonds is 4. The zero-order valence-corrected chi connectivity index (χ0v) is 13.4. The second-order valence-corrected chi connectivity index (χ2v) is 6.39. The molecule has 4 rings (SSSR count). The Morgan fingerprint density at radius 2 is 1.88 bits per heavy atom. The van der Waals surface area contributed by atoms with E-state index in [1.165, 1.54) is 12.8 Å². The molecule has 2 aliphatic heterocycles. The van der Waals surface area contributed by atoms with Crippen LogP contribution in [0.15, 0.2) is 39.5 Å². The molecule has 0 bridgehead atoms. The first-order valence-electron chi connectivity index (χ1n) is 8.36. The summed E-state index contributed by atoms with van der Waals surface area (Å²) in [6.45, 7) is 3.70. The third-order valence-corrected chi connectivity index (χ3v) is 4.78. The van der Waals surface area contributed by atoms with E-state index in [1.807, 2.05) is 30.3 Å². The number of amides is 1. The summed E-state index contributed by atoms with van der Waals surface area (Å²) in [7, 11) is 0. The van der Waals surface area contributed by atoms with Crippen LogP contribution in [-0.2, 0) is 11.3 Å². The first kappa shape index (κ1) is 15.1. The molecule has 2 aliphatic rings. The highest BCUT2D eigenvalue weighted by Gasteiger charge is 2.35. The summed E-state index contributed by atoms with van der Waals surface area (Å²) >= 11 is 0. The van der Waals surface area contributed by atoms with Crippen LogP contribution in [0, 0.1) is 0 Å². The van der Waals surface area contributed by atoms with E-state index < -0.39 is 5.76 Å². The van der Waals surface area contributed by atoms with Crippen molar-refractivity contribution in [2.45, 2.75) is 25.4 Å². The Hall–Kier alpha value is -2.41. The molecule has 0 atom stereocenters. The molecule has 7 heteroatoms. The second kappa shape index (κ2) is 6.24. The number of hydrogen-bond acceptors (Lipinski definition) is 5. The van der Waals surface area contributed by atoms with E-state index in [0.29, 0.717) is 6.04 Å². The van der Waals surface area contributed by atoms with Crippen molar-refractivity contribution in [1.29, 1.82) is 0 Å². The smallest absolute Gasteiger partial charge is 0.388 e. The normalized spacial score (nSPS) is 18.8. The molecule has 2 saturated heterocycles. The molecular formula is C17H20N4O3. The monoisotopic (exact) mass is 328 g/mol. The van der Waals surface area contributed by atoms with Gasteiger partial charge in [-0.15, -0.1) is 5.10 Å². The van der Waals surface area contributed by atoms with E-state index in [0.717, 1.165) is 36.4 Å². The number of benzene rings is 1. The van der Waals surface area contributed by atoms with Crippen LogP contribution in [0.3, 0.4) is 0 Å². The number of likely N-dealkylation sites (tertiary alicyclic amines) is 2. The van der Waals surface area contributed by atoms with Crippen LogP contribution < -0.4 is 5.76 Å². The Kier molecular flexibility index (Phi) is 3.93. The summed E-state index contributed by atoms with van der Waals surface area (Å²) in [5, 5.41) is 4.14. The van der Waals surface area contributed by atoms with Crippen molar-refractivity contribution in [2.75, 3.05) is 26.2 Å². The van der Waals surface area contributed by atoms with Gasteiger partial charge in [0.2, 0.25) is 11.8 Å². The van der Waals surface area contributed by atoms with E-state index >= 15 is 0 Å². The Labute approximate surface area is 139 Å². The summed E-state index contributed by atoms with van der Waals surface area (Å²) in [5.74, 6) is -0.439. The maximum atomic E-state index is 12.3. The Bertz CT molecular complexity index is 771. The molecule has 0 saturated carbocycles. The Morgan fingerprint density at radius 1 is 1.17 bits per heavy atom. The van der Waals surface area contributed by atoms with Crippen LogP contribution in [-0.4, -0.2) is 57.7 Å². The third kappa shape index (κ3) is 2.87. The number of hydrogen-bond donors (Lipinski definition) is 0. The lowest BCUT2D eigenvalue weighted by molar-refractivity contribution is -0.139. The quantitative estimate of drug-likeness (QED) is 0.830. The van der Waals surface area contributed by atoms with Gasteiger partial charge < -0.3 is 9.32 Å². The number of carbonyl (C=O) groups excluding carboxylic acids is 1. The minimum atomic E-state index is -0.598. The van der Waals surface area contributed by atoms with Crippen LogP contribution in [0.1, 0.15) is 12.8 Å². The lowest BCUT2D eigenvalue weighted by atomic mass is 10.1. The van der Waals surface area contributed by atoms with E-state index in [9.17, 15) is 9.59 Å². The van der Waals surface area contributed by atoms with Gasteiger partial charge in [0.05, 0.1) is 0 Å². The first-order valence-corrected chi connectivity index (χ1v) is 8.36. The van der Waals surface area contributed by atoms with E-state index in [1.54, 1.807) is 4.90 Å². The maximum Gasteiger partial charge on any atom is 0.437 e. The van der Waals surface area contributed by atoms with Gasteiger partial charge in [-0.3, -0.25) is 9.69 Å². The van der Waals surface area contributed by atoms with Crippen molar-refractivity contribution in [2.24, 2.45) is 0 Å². The van der Waals surface area contributed by atoms with Crippen molar-refractivity contribution in [3.05, 3.63) is 40.9 Å². The number of carbonyl (C=O) groups is 1. The van der Waals surface area contributed by atoms with Crippen molar-refractivity contribution in [1.82, 2.24) is 19.6 Å². The van der Waals surface area contributed by atoms with Gasteiger partial charge in [0.15, 0.2) is 0 Å². The molecular weight excluding hydrogens is 308 g/mol. The molecule has 0 unspecified atom stereocenters. The Morgan fingerprint density at radius 3 is 2.58 bits per heavy atom. The van der Waals surface area contributed by atoms with E-state index in [2.05, 4.69) is 10.00 Å². The summed E-state index contributed by atoms with van der Waals surface area (Å²) in [5.41, 5.74) is 0.721. The highest BCUT2D eigenvalue weighted by atomic mass is 16.4. The SMILES string of the molecule is O=C(Cn1nc(-c2ccccc2)oc1=O)N1CC(N2CCCC2)C1. The molecule has 0 aliphatic carbocycles. The summed E-state index contributed by atoms with van der Waals surface area (Å²) in [4.78, 5) is 28.5. The lowest BCUT2D eigenvalue weighted by Crippen LogP contribution is -2.61. The maximum absolute atomic E-state index is 12.3. The predicted molar refractivity (Wildman–Crippen MR) is 87.4 cm³/mol. The molecule has 1 amide bonds. The Balaban J connectivity index is 1.38. The van der Waals surface area contributed by atoms with Gasteiger partial charge in [0.25, 0.3) is 0 Å². The van der Waals surface area contributed by atoms with E-state index in [4.69, 9.17) is 4.42 Å². The molecule has 1 aromatic carbocycles. The van der Waals surface area contributed by atoms with Gasteiger partial charge >= 0.3 is 5.76 Å². The molecule has 0 spiro atoms. The van der Waals surface area contributed by atoms with Crippen molar-refractivity contribution in [3.63, 3.8) is 0 Å². The summed E-state index contributed by atoms with van der Waals surface area (Å²) in [6, 6.07) is 9.67. The molecule has 2 fully saturated rings. The van der Waals surface area contributed by atoms with Crippen LogP contribution in [0.25, 0.3) is 11.5 Å². The van der Waals surface area contributed by atoms with Gasteiger partial charge in [-0.25, -0.2) is 4.79 Å². The van der Waals surface area contributed by atoms with Gasteiger partial charge in [0.1, 0.15) is 6.54 Å². The van der Waals surface area contributed by atoms with Gasteiger partial charge in [-0.2, -0.15) is 4.68 Å². The van der Waals surface area contributed by atoms with Crippen LogP contribution >= 0.6 is 0 Å². The summed E-state index contributed by atoms with van der Waals surface area (Å²) < 4.78 is 6.26. The molecule has 0 N–H and O–H groups in total. The molecule has 1 aromatic heterocycles. The second-order valence-electron chi connectivity index (χ2n) is 6.39. The molecule has 24 heavy (non-hydrogen) atoms. The summed E-state index contributed by atoms with van der Waals surface area (Å²) in [6.07, 6.45) is 2.50. The molecule has 7 nitrogen and oxygen atoms in total. The average Bonchev–Trinajstić information content (AvgIpc) is 3.18. The first-order chi connectivity index (χ1) is 11.7. The highest BCUT2D eigenvalue weighted by Crippen LogP contribution is 2.20. The van der Waals surface area contributed by atoms with Gasteiger partial charge in [-0.05, 0) is 38.1 Å². The fraction of sp³-hybridized carbons (Fsp3) is 0.471. The van der Waals surface area contributed by atoms with Crippen molar-refractivity contribution >= 4 is 5.91 Å². The van der Waals surface area contributed by atoms with E-state index in [-0.39, 0.29) is 18.3 Å². The molecule has 3 heterocycles. The van der Waals surface area contributed by atoms with Crippen LogP contribution in [0.5, 0.6) is 0 Å². The minimum absolute atomic E-state index is 0.0676. The highest BCUT2D eigenvalue weighted by molar-refractivity contribution is 5.77.